The molecule has 0 bridgehead atoms. The summed E-state index contributed by atoms with van der Waals surface area (Å²) in [7, 11) is 0. The summed E-state index contributed by atoms with van der Waals surface area (Å²) in [5.41, 5.74) is 8.53. The third-order valence-electron chi connectivity index (χ3n) is 4.11. The molecule has 0 saturated carbocycles. The molecule has 2 aromatic rings. The molecule has 2 N–H and O–H groups in total. The van der Waals surface area contributed by atoms with Crippen LogP contribution in [0.25, 0.3) is 0 Å². The smallest absolute Gasteiger partial charge is 0.145 e. The lowest BCUT2D eigenvalue weighted by atomic mass is 9.96. The minimum Gasteiger partial charge on any atom is -0.382 e. The Kier molecular flexibility index (Phi) is 3.63. The Morgan fingerprint density at radius 3 is 2.90 bits per heavy atom. The van der Waals surface area contributed by atoms with E-state index in [0.29, 0.717) is 11.9 Å². The third kappa shape index (κ3) is 2.64. The van der Waals surface area contributed by atoms with Gasteiger partial charge in [-0.2, -0.15) is 5.10 Å². The van der Waals surface area contributed by atoms with Gasteiger partial charge in [0.2, 0.25) is 0 Å². The number of aromatic nitrogens is 2. The fourth-order valence-corrected chi connectivity index (χ4v) is 3.01. The zero-order valence-corrected chi connectivity index (χ0v) is 12.0. The molecule has 4 heteroatoms. The highest BCUT2D eigenvalue weighted by Gasteiger charge is 2.21. The summed E-state index contributed by atoms with van der Waals surface area (Å²) in [5.74, 6) is 0.599. The Morgan fingerprint density at radius 1 is 1.25 bits per heavy atom. The van der Waals surface area contributed by atoms with Gasteiger partial charge in [0.15, 0.2) is 0 Å². The molecule has 2 heterocycles. The number of hydrogen-bond acceptors (Lipinski definition) is 3. The van der Waals surface area contributed by atoms with Crippen molar-refractivity contribution in [2.45, 2.75) is 38.8 Å². The van der Waals surface area contributed by atoms with Crippen molar-refractivity contribution in [3.63, 3.8) is 0 Å². The zero-order valence-electron chi connectivity index (χ0n) is 12.0. The molecule has 0 aliphatic carbocycles. The number of aryl methyl sites for hydroxylation is 2. The van der Waals surface area contributed by atoms with Crippen molar-refractivity contribution in [2.75, 3.05) is 17.2 Å². The van der Waals surface area contributed by atoms with Crippen LogP contribution in [0, 0.1) is 0 Å². The van der Waals surface area contributed by atoms with E-state index in [1.165, 1.54) is 24.1 Å². The maximum absolute atomic E-state index is 5.64. The van der Waals surface area contributed by atoms with E-state index in [4.69, 9.17) is 5.73 Å². The predicted octanol–water partition coefficient (Wildman–Crippen LogP) is 2.70. The van der Waals surface area contributed by atoms with Gasteiger partial charge in [-0.3, -0.25) is 4.68 Å². The maximum atomic E-state index is 5.64. The molecule has 1 unspecified atom stereocenters. The molecule has 1 aliphatic rings. The molecule has 1 aromatic heterocycles. The van der Waals surface area contributed by atoms with Gasteiger partial charge in [0.25, 0.3) is 0 Å². The van der Waals surface area contributed by atoms with Crippen molar-refractivity contribution in [1.82, 2.24) is 9.78 Å². The van der Waals surface area contributed by atoms with E-state index in [0.717, 1.165) is 19.5 Å². The van der Waals surface area contributed by atoms with Crippen LogP contribution in [0.1, 0.15) is 25.3 Å². The SMILES string of the molecule is CC1CCc2ccccc2N1CCCn1ccc(N)n1. The van der Waals surface area contributed by atoms with E-state index >= 15 is 0 Å². The Bertz CT molecular complexity index is 575. The van der Waals surface area contributed by atoms with Crippen molar-refractivity contribution in [3.8, 4) is 0 Å². The number of nitrogens with two attached hydrogens (primary N) is 1. The Morgan fingerprint density at radius 2 is 2.10 bits per heavy atom. The normalized spacial score (nSPS) is 18.1. The fraction of sp³-hybridized carbons (Fsp3) is 0.438. The molecule has 0 spiro atoms. The van der Waals surface area contributed by atoms with Crippen LogP contribution in [0.2, 0.25) is 0 Å². The van der Waals surface area contributed by atoms with Gasteiger partial charge in [0.05, 0.1) is 0 Å². The summed E-state index contributed by atoms with van der Waals surface area (Å²) in [6, 6.07) is 11.2. The first kappa shape index (κ1) is 13.0. The minimum atomic E-state index is 0.599. The molecule has 0 amide bonds. The Labute approximate surface area is 120 Å². The lowest BCUT2D eigenvalue weighted by Gasteiger charge is -2.37. The first-order chi connectivity index (χ1) is 9.74. The molecule has 3 rings (SSSR count). The highest BCUT2D eigenvalue weighted by atomic mass is 15.3. The molecule has 0 fully saturated rings. The first-order valence-corrected chi connectivity index (χ1v) is 7.37. The van der Waals surface area contributed by atoms with Crippen molar-refractivity contribution < 1.29 is 0 Å². The van der Waals surface area contributed by atoms with Gasteiger partial charge in [-0.05, 0) is 43.9 Å². The highest BCUT2D eigenvalue weighted by molar-refractivity contribution is 5.56. The van der Waals surface area contributed by atoms with Crippen LogP contribution in [-0.2, 0) is 13.0 Å². The van der Waals surface area contributed by atoms with Crippen molar-refractivity contribution in [1.29, 1.82) is 0 Å². The summed E-state index contributed by atoms with van der Waals surface area (Å²) in [6.45, 7) is 4.31. The van der Waals surface area contributed by atoms with Crippen molar-refractivity contribution in [2.24, 2.45) is 0 Å². The summed E-state index contributed by atoms with van der Waals surface area (Å²) in [6.07, 6.45) is 5.47. The number of nitrogen functional groups attached to an aromatic ring is 1. The maximum Gasteiger partial charge on any atom is 0.145 e. The second-order valence-electron chi connectivity index (χ2n) is 5.57. The number of hydrogen-bond donors (Lipinski definition) is 1. The molecule has 1 atom stereocenters. The van der Waals surface area contributed by atoms with Crippen molar-refractivity contribution in [3.05, 3.63) is 42.1 Å². The largest absolute Gasteiger partial charge is 0.382 e. The lowest BCUT2D eigenvalue weighted by Crippen LogP contribution is -2.38. The Hall–Kier alpha value is -1.97. The summed E-state index contributed by atoms with van der Waals surface area (Å²) < 4.78 is 1.93. The van der Waals surface area contributed by atoms with Gasteiger partial charge >= 0.3 is 0 Å². The van der Waals surface area contributed by atoms with E-state index < -0.39 is 0 Å². The number of rotatable bonds is 4. The topological polar surface area (TPSA) is 47.1 Å². The number of fused-ring (bicyclic) bond motifs is 1. The van der Waals surface area contributed by atoms with Crippen LogP contribution in [0.5, 0.6) is 0 Å². The van der Waals surface area contributed by atoms with Crippen LogP contribution >= 0.6 is 0 Å². The Balaban J connectivity index is 1.64. The van der Waals surface area contributed by atoms with Gasteiger partial charge in [0.1, 0.15) is 5.82 Å². The molecule has 1 aromatic carbocycles. The number of nitrogens with zero attached hydrogens (tertiary/aromatic N) is 3. The van der Waals surface area contributed by atoms with Crippen LogP contribution in [-0.4, -0.2) is 22.4 Å². The summed E-state index contributed by atoms with van der Waals surface area (Å²) in [4.78, 5) is 2.53. The first-order valence-electron chi connectivity index (χ1n) is 7.37. The molecule has 1 aliphatic heterocycles. The van der Waals surface area contributed by atoms with E-state index in [2.05, 4.69) is 41.2 Å². The highest BCUT2D eigenvalue weighted by Crippen LogP contribution is 2.30. The van der Waals surface area contributed by atoms with Crippen LogP contribution in [0.3, 0.4) is 0 Å². The second kappa shape index (κ2) is 5.57. The fourth-order valence-electron chi connectivity index (χ4n) is 3.01. The predicted molar refractivity (Wildman–Crippen MR) is 82.8 cm³/mol. The van der Waals surface area contributed by atoms with Gasteiger partial charge in [0, 0.05) is 31.0 Å². The molecule has 20 heavy (non-hydrogen) atoms. The molecule has 0 radical (unpaired) electrons. The van der Waals surface area contributed by atoms with Crippen LogP contribution in [0.15, 0.2) is 36.5 Å². The number of benzene rings is 1. The van der Waals surface area contributed by atoms with Gasteiger partial charge in [-0.15, -0.1) is 0 Å². The third-order valence-corrected chi connectivity index (χ3v) is 4.11. The van der Waals surface area contributed by atoms with E-state index in [9.17, 15) is 0 Å². The van der Waals surface area contributed by atoms with Crippen LogP contribution < -0.4 is 10.6 Å². The quantitative estimate of drug-likeness (QED) is 0.929. The summed E-state index contributed by atoms with van der Waals surface area (Å²) >= 11 is 0. The second-order valence-corrected chi connectivity index (χ2v) is 5.57. The average molecular weight is 270 g/mol. The van der Waals surface area contributed by atoms with E-state index in [1.807, 2.05) is 16.9 Å². The standard InChI is InChI=1S/C16H22N4/c1-13-7-8-14-5-2-3-6-15(14)20(13)11-4-10-19-12-9-16(17)18-19/h2-3,5-6,9,12-13H,4,7-8,10-11H2,1H3,(H2,17,18). The van der Waals surface area contributed by atoms with Gasteiger partial charge < -0.3 is 10.6 Å². The lowest BCUT2D eigenvalue weighted by molar-refractivity contribution is 0.516. The van der Waals surface area contributed by atoms with Crippen LogP contribution in [0.4, 0.5) is 11.5 Å². The van der Waals surface area contributed by atoms with E-state index in [1.54, 1.807) is 0 Å². The minimum absolute atomic E-state index is 0.599. The molecule has 0 saturated heterocycles. The summed E-state index contributed by atoms with van der Waals surface area (Å²) in [5, 5.41) is 4.23. The number of anilines is 2. The molecule has 106 valence electrons. The molecular weight excluding hydrogens is 248 g/mol. The molecule has 4 nitrogen and oxygen atoms in total. The van der Waals surface area contributed by atoms with Gasteiger partial charge in [-0.1, -0.05) is 18.2 Å². The molecular formula is C16H22N4. The van der Waals surface area contributed by atoms with Gasteiger partial charge in [-0.25, -0.2) is 0 Å². The zero-order chi connectivity index (χ0) is 13.9. The average Bonchev–Trinajstić information content (AvgIpc) is 2.87. The monoisotopic (exact) mass is 270 g/mol. The van der Waals surface area contributed by atoms with Crippen molar-refractivity contribution >= 4 is 11.5 Å². The van der Waals surface area contributed by atoms with E-state index in [-0.39, 0.29) is 0 Å². The number of para-hydroxylation sites is 1.